The summed E-state index contributed by atoms with van der Waals surface area (Å²) in [7, 11) is -3.00. The lowest BCUT2D eigenvalue weighted by atomic mass is 10.2. The maximum atomic E-state index is 11.8. The van der Waals surface area contributed by atoms with E-state index < -0.39 is 9.84 Å². The van der Waals surface area contributed by atoms with E-state index in [9.17, 15) is 13.2 Å². The topological polar surface area (TPSA) is 75.3 Å². The molecule has 1 heterocycles. The van der Waals surface area contributed by atoms with E-state index in [0.717, 1.165) is 4.47 Å². The summed E-state index contributed by atoms with van der Waals surface area (Å²) in [6, 6.07) is 6.94. The number of halogens is 1. The number of sulfone groups is 1. The Kier molecular flexibility index (Phi) is 4.59. The number of anilines is 1. The van der Waals surface area contributed by atoms with Crippen LogP contribution >= 0.6 is 15.9 Å². The molecule has 1 aromatic rings. The van der Waals surface area contributed by atoms with Gasteiger partial charge in [0.15, 0.2) is 9.84 Å². The van der Waals surface area contributed by atoms with Gasteiger partial charge in [-0.3, -0.25) is 4.79 Å². The summed E-state index contributed by atoms with van der Waals surface area (Å²) in [6.45, 7) is 0.415. The summed E-state index contributed by atoms with van der Waals surface area (Å²) < 4.78 is 23.9. The predicted octanol–water partition coefficient (Wildman–Crippen LogP) is 1.16. The number of carbonyl (C=O) groups is 1. The van der Waals surface area contributed by atoms with Crippen LogP contribution in [0.3, 0.4) is 0 Å². The molecule has 1 fully saturated rings. The molecular formula is C12H15BrN2O3S. The molecule has 0 saturated carbocycles. The second-order valence-electron chi connectivity index (χ2n) is 4.52. The molecule has 19 heavy (non-hydrogen) atoms. The molecule has 7 heteroatoms. The lowest BCUT2D eigenvalue weighted by Gasteiger charge is -2.23. The Morgan fingerprint density at radius 3 is 2.68 bits per heavy atom. The average molecular weight is 347 g/mol. The molecular weight excluding hydrogens is 332 g/mol. The van der Waals surface area contributed by atoms with Crippen LogP contribution in [0, 0.1) is 0 Å². The molecule has 2 rings (SSSR count). The van der Waals surface area contributed by atoms with Gasteiger partial charge in [0.05, 0.1) is 11.5 Å². The third-order valence-electron chi connectivity index (χ3n) is 2.86. The van der Waals surface area contributed by atoms with E-state index >= 15 is 0 Å². The zero-order valence-corrected chi connectivity index (χ0v) is 12.6. The van der Waals surface area contributed by atoms with Crippen molar-refractivity contribution in [2.24, 2.45) is 0 Å². The second kappa shape index (κ2) is 6.02. The quantitative estimate of drug-likeness (QED) is 0.861. The van der Waals surface area contributed by atoms with E-state index in [1.54, 1.807) is 12.1 Å². The number of carbonyl (C=O) groups excluding carboxylic acids is 1. The number of hydrogen-bond acceptors (Lipinski definition) is 4. The molecule has 1 atom stereocenters. The second-order valence-corrected chi connectivity index (χ2v) is 7.67. The molecule has 0 radical (unpaired) electrons. The SMILES string of the molecule is O=C(CC1CS(=O)(=O)CCN1)Nc1ccc(Br)cc1. The first-order valence-corrected chi connectivity index (χ1v) is 8.55. The largest absolute Gasteiger partial charge is 0.326 e. The highest BCUT2D eigenvalue weighted by Crippen LogP contribution is 2.14. The van der Waals surface area contributed by atoms with Crippen LogP contribution in [0.15, 0.2) is 28.7 Å². The Morgan fingerprint density at radius 1 is 1.37 bits per heavy atom. The van der Waals surface area contributed by atoms with Crippen molar-refractivity contribution >= 4 is 37.4 Å². The van der Waals surface area contributed by atoms with Crippen LogP contribution in [0.25, 0.3) is 0 Å². The molecule has 104 valence electrons. The number of benzene rings is 1. The maximum absolute atomic E-state index is 11.8. The molecule has 5 nitrogen and oxygen atoms in total. The highest BCUT2D eigenvalue weighted by molar-refractivity contribution is 9.10. The summed E-state index contributed by atoms with van der Waals surface area (Å²) in [5.74, 6) is -0.00425. The number of amides is 1. The van der Waals surface area contributed by atoms with Gasteiger partial charge in [-0.1, -0.05) is 15.9 Å². The first-order chi connectivity index (χ1) is 8.94. The van der Waals surface area contributed by atoms with Gasteiger partial charge in [0.1, 0.15) is 0 Å². The fraction of sp³-hybridized carbons (Fsp3) is 0.417. The van der Waals surface area contributed by atoms with Crippen molar-refractivity contribution in [2.75, 3.05) is 23.4 Å². The van der Waals surface area contributed by atoms with Crippen molar-refractivity contribution in [3.63, 3.8) is 0 Å². The number of hydrogen-bond donors (Lipinski definition) is 2. The molecule has 1 amide bonds. The highest BCUT2D eigenvalue weighted by atomic mass is 79.9. The van der Waals surface area contributed by atoms with Crippen LogP contribution in [0.4, 0.5) is 5.69 Å². The molecule has 0 aliphatic carbocycles. The summed E-state index contributed by atoms with van der Waals surface area (Å²) in [5, 5.41) is 5.80. The summed E-state index contributed by atoms with van der Waals surface area (Å²) >= 11 is 3.31. The smallest absolute Gasteiger partial charge is 0.225 e. The molecule has 0 spiro atoms. The van der Waals surface area contributed by atoms with E-state index in [0.29, 0.717) is 12.2 Å². The van der Waals surface area contributed by atoms with Crippen LogP contribution in [-0.4, -0.2) is 38.4 Å². The molecule has 1 aliphatic heterocycles. The Balaban J connectivity index is 1.89. The van der Waals surface area contributed by atoms with E-state index in [2.05, 4.69) is 26.6 Å². The standard InChI is InChI=1S/C12H15BrN2O3S/c13-9-1-3-10(4-2-9)15-12(16)7-11-8-19(17,18)6-5-14-11/h1-4,11,14H,5-8H2,(H,15,16). The molecule has 1 saturated heterocycles. The Hall–Kier alpha value is -0.920. The molecule has 1 aromatic carbocycles. The van der Waals surface area contributed by atoms with Gasteiger partial charge in [-0.15, -0.1) is 0 Å². The van der Waals surface area contributed by atoms with Gasteiger partial charge < -0.3 is 10.6 Å². The van der Waals surface area contributed by atoms with Crippen LogP contribution in [0.1, 0.15) is 6.42 Å². The van der Waals surface area contributed by atoms with Gasteiger partial charge in [0.25, 0.3) is 0 Å². The number of rotatable bonds is 3. The fourth-order valence-electron chi connectivity index (χ4n) is 1.97. The zero-order valence-electron chi connectivity index (χ0n) is 10.2. The van der Waals surface area contributed by atoms with Gasteiger partial charge in [0.2, 0.25) is 5.91 Å². The van der Waals surface area contributed by atoms with Crippen molar-refractivity contribution in [3.8, 4) is 0 Å². The Labute approximate surface area is 120 Å². The predicted molar refractivity (Wildman–Crippen MR) is 77.8 cm³/mol. The minimum Gasteiger partial charge on any atom is -0.326 e. The van der Waals surface area contributed by atoms with Crippen molar-refractivity contribution in [2.45, 2.75) is 12.5 Å². The third kappa shape index (κ3) is 4.59. The molecule has 1 unspecified atom stereocenters. The monoisotopic (exact) mass is 346 g/mol. The lowest BCUT2D eigenvalue weighted by Crippen LogP contribution is -2.46. The van der Waals surface area contributed by atoms with Crippen molar-refractivity contribution < 1.29 is 13.2 Å². The lowest BCUT2D eigenvalue weighted by molar-refractivity contribution is -0.116. The summed E-state index contributed by atoms with van der Waals surface area (Å²) in [6.07, 6.45) is 0.162. The minimum atomic E-state index is -3.00. The maximum Gasteiger partial charge on any atom is 0.225 e. The van der Waals surface area contributed by atoms with E-state index in [-0.39, 0.29) is 29.9 Å². The first-order valence-electron chi connectivity index (χ1n) is 5.94. The van der Waals surface area contributed by atoms with Crippen LogP contribution in [0.2, 0.25) is 0 Å². The van der Waals surface area contributed by atoms with Gasteiger partial charge >= 0.3 is 0 Å². The average Bonchev–Trinajstić information content (AvgIpc) is 2.30. The van der Waals surface area contributed by atoms with Crippen LogP contribution in [-0.2, 0) is 14.6 Å². The fourth-order valence-corrected chi connectivity index (χ4v) is 3.68. The third-order valence-corrected chi connectivity index (χ3v) is 5.13. The van der Waals surface area contributed by atoms with Crippen LogP contribution < -0.4 is 10.6 Å². The van der Waals surface area contributed by atoms with Gasteiger partial charge in [-0.2, -0.15) is 0 Å². The highest BCUT2D eigenvalue weighted by Gasteiger charge is 2.25. The van der Waals surface area contributed by atoms with E-state index in [1.807, 2.05) is 12.1 Å². The minimum absolute atomic E-state index is 0.0285. The summed E-state index contributed by atoms with van der Waals surface area (Å²) in [4.78, 5) is 11.8. The zero-order chi connectivity index (χ0) is 13.9. The van der Waals surface area contributed by atoms with Crippen molar-refractivity contribution in [1.29, 1.82) is 0 Å². The van der Waals surface area contributed by atoms with Crippen LogP contribution in [0.5, 0.6) is 0 Å². The Morgan fingerprint density at radius 2 is 2.05 bits per heavy atom. The normalized spacial score (nSPS) is 21.8. The van der Waals surface area contributed by atoms with Gasteiger partial charge in [-0.05, 0) is 24.3 Å². The first kappa shape index (κ1) is 14.5. The molecule has 2 N–H and O–H groups in total. The van der Waals surface area contributed by atoms with E-state index in [1.165, 1.54) is 0 Å². The van der Waals surface area contributed by atoms with Crippen molar-refractivity contribution in [3.05, 3.63) is 28.7 Å². The Bertz CT molecular complexity index is 557. The van der Waals surface area contributed by atoms with Gasteiger partial charge in [-0.25, -0.2) is 8.42 Å². The van der Waals surface area contributed by atoms with Crippen molar-refractivity contribution in [1.82, 2.24) is 5.32 Å². The molecule has 0 bridgehead atoms. The van der Waals surface area contributed by atoms with E-state index in [4.69, 9.17) is 0 Å². The molecule has 0 aromatic heterocycles. The summed E-state index contributed by atoms with van der Waals surface area (Å²) in [5.41, 5.74) is 0.701. The van der Waals surface area contributed by atoms with Gasteiger partial charge in [0, 0.05) is 29.2 Å². The number of nitrogens with one attached hydrogen (secondary N) is 2. The molecule has 1 aliphatic rings.